The van der Waals surface area contributed by atoms with Crippen LogP contribution in [0.5, 0.6) is 0 Å². The van der Waals surface area contributed by atoms with Crippen molar-refractivity contribution in [3.63, 3.8) is 0 Å². The van der Waals surface area contributed by atoms with Crippen LogP contribution >= 0.6 is 11.8 Å². The van der Waals surface area contributed by atoms with Crippen molar-refractivity contribution in [2.75, 3.05) is 23.3 Å². The maximum atomic E-state index is 11.9. The number of thioether (sulfide) groups is 1. The van der Waals surface area contributed by atoms with Gasteiger partial charge in [0.1, 0.15) is 5.52 Å². The first-order chi connectivity index (χ1) is 8.44. The number of halogens is 3. The average Bonchev–Trinajstić information content (AvgIpc) is 2.65. The molecule has 1 aromatic carbocycles. The van der Waals surface area contributed by atoms with E-state index in [1.807, 2.05) is 0 Å². The Morgan fingerprint density at radius 2 is 2.17 bits per heavy atom. The van der Waals surface area contributed by atoms with Crippen LogP contribution in [0.25, 0.3) is 11.1 Å². The van der Waals surface area contributed by atoms with Crippen molar-refractivity contribution in [3.8, 4) is 0 Å². The molecule has 0 aliphatic rings. The van der Waals surface area contributed by atoms with E-state index < -0.39 is 5.51 Å². The summed E-state index contributed by atoms with van der Waals surface area (Å²) in [6.45, 7) is 0.118. The fraction of sp³-hybridized carbons (Fsp3) is 0.300. The number of aromatic nitrogens is 1. The fourth-order valence-electron chi connectivity index (χ4n) is 1.34. The van der Waals surface area contributed by atoms with E-state index in [4.69, 9.17) is 10.2 Å². The topological polar surface area (TPSA) is 64.1 Å². The number of nitrogens with one attached hydrogen (secondary N) is 1. The molecule has 0 bridgehead atoms. The summed E-state index contributed by atoms with van der Waals surface area (Å²) in [4.78, 5) is 4.06. The molecule has 0 unspecified atom stereocenters. The molecule has 2 aromatic rings. The molecular weight excluding hydrogens is 267 g/mol. The molecule has 0 spiro atoms. The molecule has 1 heterocycles. The Kier molecular flexibility index (Phi) is 3.55. The number of hydrogen-bond donors (Lipinski definition) is 2. The molecule has 98 valence electrons. The smallest absolute Gasteiger partial charge is 0.423 e. The Bertz CT molecular complexity index is 541. The average molecular weight is 277 g/mol. The van der Waals surface area contributed by atoms with E-state index >= 15 is 0 Å². The van der Waals surface area contributed by atoms with Crippen LogP contribution < -0.4 is 11.1 Å². The second-order valence-corrected chi connectivity index (χ2v) is 4.63. The van der Waals surface area contributed by atoms with Crippen molar-refractivity contribution in [1.82, 2.24) is 4.98 Å². The highest BCUT2D eigenvalue weighted by Gasteiger charge is 2.27. The number of benzene rings is 1. The van der Waals surface area contributed by atoms with Crippen LogP contribution in [-0.2, 0) is 0 Å². The summed E-state index contributed by atoms with van der Waals surface area (Å²) in [5.41, 5.74) is 3.00. The van der Waals surface area contributed by atoms with Gasteiger partial charge in [-0.15, -0.1) is 0 Å². The number of rotatable bonds is 4. The van der Waals surface area contributed by atoms with E-state index in [0.717, 1.165) is 0 Å². The first-order valence-electron chi connectivity index (χ1n) is 5.05. The molecule has 3 N–H and O–H groups in total. The van der Waals surface area contributed by atoms with E-state index in [1.54, 1.807) is 18.2 Å². The van der Waals surface area contributed by atoms with Gasteiger partial charge in [0.25, 0.3) is 6.01 Å². The lowest BCUT2D eigenvalue weighted by atomic mass is 10.3. The summed E-state index contributed by atoms with van der Waals surface area (Å²) in [6.07, 6.45) is 0. The molecule has 1 aromatic heterocycles. The summed E-state index contributed by atoms with van der Waals surface area (Å²) < 4.78 is 40.9. The number of nitrogen functional groups attached to an aromatic ring is 1. The SMILES string of the molecule is Nc1ccc2nc(NCCSC(F)(F)F)oc2c1. The van der Waals surface area contributed by atoms with Gasteiger partial charge < -0.3 is 15.5 Å². The van der Waals surface area contributed by atoms with Gasteiger partial charge in [-0.25, -0.2) is 0 Å². The first kappa shape index (κ1) is 12.9. The minimum Gasteiger partial charge on any atom is -0.423 e. The molecule has 0 fully saturated rings. The molecule has 0 radical (unpaired) electrons. The van der Waals surface area contributed by atoms with Crippen LogP contribution in [0.1, 0.15) is 0 Å². The summed E-state index contributed by atoms with van der Waals surface area (Å²) in [5.74, 6) is -0.107. The zero-order valence-electron chi connectivity index (χ0n) is 9.12. The summed E-state index contributed by atoms with van der Waals surface area (Å²) >= 11 is -0.0898. The van der Waals surface area contributed by atoms with Crippen LogP contribution in [0.2, 0.25) is 0 Å². The number of fused-ring (bicyclic) bond motifs is 1. The Labute approximate surface area is 105 Å². The molecule has 0 amide bonds. The van der Waals surface area contributed by atoms with Gasteiger partial charge in [0.2, 0.25) is 0 Å². The van der Waals surface area contributed by atoms with Crippen molar-refractivity contribution in [2.45, 2.75) is 5.51 Å². The minimum atomic E-state index is -4.21. The maximum Gasteiger partial charge on any atom is 0.441 e. The highest BCUT2D eigenvalue weighted by Crippen LogP contribution is 2.29. The minimum absolute atomic E-state index is 0.0898. The van der Waals surface area contributed by atoms with E-state index in [2.05, 4.69) is 10.3 Å². The molecule has 0 aliphatic carbocycles. The number of hydrogen-bond acceptors (Lipinski definition) is 5. The standard InChI is InChI=1S/C10H10F3N3OS/c11-10(12,13)18-4-3-15-9-16-7-2-1-6(14)5-8(7)17-9/h1-2,5H,3-4,14H2,(H,15,16). The summed E-state index contributed by atoms with van der Waals surface area (Å²) in [5, 5.41) is 2.69. The van der Waals surface area contributed by atoms with Crippen LogP contribution in [0.15, 0.2) is 22.6 Å². The van der Waals surface area contributed by atoms with Crippen molar-refractivity contribution >= 4 is 34.6 Å². The van der Waals surface area contributed by atoms with Crippen LogP contribution in [-0.4, -0.2) is 22.8 Å². The number of anilines is 2. The van der Waals surface area contributed by atoms with Crippen molar-refractivity contribution in [2.24, 2.45) is 0 Å². The molecule has 0 saturated carbocycles. The molecule has 0 aliphatic heterocycles. The highest BCUT2D eigenvalue weighted by atomic mass is 32.2. The predicted molar refractivity (Wildman–Crippen MR) is 65.4 cm³/mol. The first-order valence-corrected chi connectivity index (χ1v) is 6.03. The monoisotopic (exact) mass is 277 g/mol. The Hall–Kier alpha value is -1.57. The van der Waals surface area contributed by atoms with Gasteiger partial charge in [-0.1, -0.05) is 0 Å². The number of alkyl halides is 3. The lowest BCUT2D eigenvalue weighted by molar-refractivity contribution is -0.0327. The van der Waals surface area contributed by atoms with Gasteiger partial charge in [0.15, 0.2) is 5.58 Å². The van der Waals surface area contributed by atoms with Gasteiger partial charge in [-0.3, -0.25) is 0 Å². The second kappa shape index (κ2) is 4.97. The summed E-state index contributed by atoms with van der Waals surface area (Å²) in [7, 11) is 0. The molecule has 0 atom stereocenters. The zero-order chi connectivity index (χ0) is 13.2. The van der Waals surface area contributed by atoms with Crippen molar-refractivity contribution in [1.29, 1.82) is 0 Å². The number of nitrogens with zero attached hydrogens (tertiary/aromatic N) is 1. The van der Waals surface area contributed by atoms with Crippen molar-refractivity contribution < 1.29 is 17.6 Å². The third-order valence-corrected chi connectivity index (χ3v) is 2.79. The molecule has 2 rings (SSSR count). The van der Waals surface area contributed by atoms with Gasteiger partial charge in [0, 0.05) is 24.1 Å². The quantitative estimate of drug-likeness (QED) is 0.664. The highest BCUT2D eigenvalue weighted by molar-refractivity contribution is 8.00. The van der Waals surface area contributed by atoms with E-state index in [9.17, 15) is 13.2 Å². The van der Waals surface area contributed by atoms with Gasteiger partial charge in [0.05, 0.1) is 0 Å². The molecule has 4 nitrogen and oxygen atoms in total. The van der Waals surface area contributed by atoms with Crippen molar-refractivity contribution in [3.05, 3.63) is 18.2 Å². The molecular formula is C10H10F3N3OS. The van der Waals surface area contributed by atoms with E-state index in [0.29, 0.717) is 16.8 Å². The molecule has 0 saturated heterocycles. The Morgan fingerprint density at radius 3 is 2.89 bits per heavy atom. The van der Waals surface area contributed by atoms with Crippen LogP contribution in [0.3, 0.4) is 0 Å². The summed E-state index contributed by atoms with van der Waals surface area (Å²) in [6, 6.07) is 5.16. The third kappa shape index (κ3) is 3.46. The number of nitrogens with two attached hydrogens (primary N) is 1. The fourth-order valence-corrected chi connectivity index (χ4v) is 1.78. The van der Waals surface area contributed by atoms with Gasteiger partial charge in [-0.05, 0) is 23.9 Å². The third-order valence-electron chi connectivity index (χ3n) is 2.06. The Morgan fingerprint density at radius 1 is 1.39 bits per heavy atom. The molecule has 18 heavy (non-hydrogen) atoms. The Balaban J connectivity index is 1.92. The molecule has 8 heteroatoms. The van der Waals surface area contributed by atoms with Gasteiger partial charge in [-0.2, -0.15) is 18.2 Å². The largest absolute Gasteiger partial charge is 0.441 e. The lowest BCUT2D eigenvalue weighted by Gasteiger charge is -2.04. The van der Waals surface area contributed by atoms with Gasteiger partial charge >= 0.3 is 5.51 Å². The van der Waals surface area contributed by atoms with Crippen LogP contribution in [0.4, 0.5) is 24.9 Å². The number of oxazole rings is 1. The van der Waals surface area contributed by atoms with E-state index in [-0.39, 0.29) is 30.1 Å². The lowest BCUT2D eigenvalue weighted by Crippen LogP contribution is -2.09. The van der Waals surface area contributed by atoms with Crippen LogP contribution in [0, 0.1) is 0 Å². The zero-order valence-corrected chi connectivity index (χ0v) is 9.94. The maximum absolute atomic E-state index is 11.9. The second-order valence-electron chi connectivity index (χ2n) is 3.47. The normalized spacial score (nSPS) is 11.9. The van der Waals surface area contributed by atoms with E-state index in [1.165, 1.54) is 0 Å². The predicted octanol–water partition coefficient (Wildman–Crippen LogP) is 3.07.